The Morgan fingerprint density at radius 2 is 1.82 bits per heavy atom. The number of hydrogen-bond acceptors (Lipinski definition) is 4. The lowest BCUT2D eigenvalue weighted by Gasteiger charge is -2.31. The zero-order valence-electron chi connectivity index (χ0n) is 24.7. The Labute approximate surface area is 239 Å². The van der Waals surface area contributed by atoms with Gasteiger partial charge in [-0.25, -0.2) is 4.39 Å². The number of carbonyl (C=O) groups excluding carboxylic acids is 1. The minimum Gasteiger partial charge on any atom is -0.348 e. The average molecular weight is 547 g/mol. The number of nitrogens with zero attached hydrogens (tertiary/aromatic N) is 3. The van der Waals surface area contributed by atoms with Crippen molar-refractivity contribution in [2.45, 2.75) is 32.6 Å². The second kappa shape index (κ2) is 13.5. The summed E-state index contributed by atoms with van der Waals surface area (Å²) in [7, 11) is 8.68. The van der Waals surface area contributed by atoms with Crippen LogP contribution in [0.5, 0.6) is 0 Å². The summed E-state index contributed by atoms with van der Waals surface area (Å²) >= 11 is 0. The molecule has 0 radical (unpaired) electrons. The highest BCUT2D eigenvalue weighted by Crippen LogP contribution is 2.26. The van der Waals surface area contributed by atoms with Crippen molar-refractivity contribution >= 4 is 5.91 Å². The minimum atomic E-state index is -0.259. The molecule has 1 fully saturated rings. The lowest BCUT2D eigenvalue weighted by Crippen LogP contribution is -2.48. The number of piperazine rings is 1. The molecule has 0 aliphatic carbocycles. The maximum atomic E-state index is 14.9. The van der Waals surface area contributed by atoms with Gasteiger partial charge in [-0.05, 0) is 66.6 Å². The summed E-state index contributed by atoms with van der Waals surface area (Å²) < 4.78 is 15.8. The van der Waals surface area contributed by atoms with E-state index in [9.17, 15) is 9.18 Å². The number of quaternary nitrogens is 1. The first-order valence-corrected chi connectivity index (χ1v) is 14.3. The van der Waals surface area contributed by atoms with Crippen LogP contribution in [0.25, 0.3) is 11.1 Å². The van der Waals surface area contributed by atoms with Gasteiger partial charge in [-0.2, -0.15) is 0 Å². The Kier molecular flexibility index (Phi) is 10.1. The fourth-order valence-corrected chi connectivity index (χ4v) is 5.11. The standard InChI is InChI=1S/C33H44FN5O/c1-25-22-38(15-14-35-25)24-28-9-6-10-29(18-28)31-20-26(12-13-32(31)34)21-36-33(40)30-11-7-8-27(19-30)23-37(2)16-17-39(3,4)5/h6-13,18-20,25,35H,14-17,21-24H2,1-5H3/p+1/t25-/m0/s1. The van der Waals surface area contributed by atoms with Gasteiger partial charge in [0.25, 0.3) is 5.91 Å². The average Bonchev–Trinajstić information content (AvgIpc) is 2.91. The Morgan fingerprint density at radius 3 is 2.60 bits per heavy atom. The van der Waals surface area contributed by atoms with E-state index in [4.69, 9.17) is 0 Å². The van der Waals surface area contributed by atoms with Crippen molar-refractivity contribution in [3.05, 3.63) is 94.8 Å². The van der Waals surface area contributed by atoms with Crippen LogP contribution < -0.4 is 10.6 Å². The van der Waals surface area contributed by atoms with Gasteiger partial charge < -0.3 is 15.1 Å². The third-order valence-electron chi connectivity index (χ3n) is 7.38. The van der Waals surface area contributed by atoms with E-state index in [0.29, 0.717) is 23.7 Å². The zero-order chi connectivity index (χ0) is 28.7. The van der Waals surface area contributed by atoms with Crippen LogP contribution in [0, 0.1) is 5.82 Å². The predicted molar refractivity (Wildman–Crippen MR) is 161 cm³/mol. The van der Waals surface area contributed by atoms with E-state index in [1.54, 1.807) is 6.07 Å². The largest absolute Gasteiger partial charge is 0.348 e. The van der Waals surface area contributed by atoms with Crippen LogP contribution in [-0.2, 0) is 19.6 Å². The molecule has 1 atom stereocenters. The smallest absolute Gasteiger partial charge is 0.251 e. The minimum absolute atomic E-state index is 0.131. The predicted octanol–water partition coefficient (Wildman–Crippen LogP) is 4.35. The van der Waals surface area contributed by atoms with Gasteiger partial charge in [0.15, 0.2) is 0 Å². The molecule has 40 heavy (non-hydrogen) atoms. The summed E-state index contributed by atoms with van der Waals surface area (Å²) in [6.07, 6.45) is 0. The van der Waals surface area contributed by atoms with Crippen LogP contribution in [0.2, 0.25) is 0 Å². The molecule has 1 saturated heterocycles. The third kappa shape index (κ3) is 8.96. The van der Waals surface area contributed by atoms with Crippen LogP contribution in [0.3, 0.4) is 0 Å². The molecule has 1 heterocycles. The second-order valence-electron chi connectivity index (χ2n) is 12.2. The SMILES string of the molecule is C[C@H]1CN(Cc2cccc(-c3cc(CNC(=O)c4cccc(CN(C)CC[N+](C)(C)C)c4)ccc3F)c2)CCN1. The molecule has 214 valence electrons. The molecule has 2 N–H and O–H groups in total. The highest BCUT2D eigenvalue weighted by atomic mass is 19.1. The fraction of sp³-hybridized carbons (Fsp3) is 0.424. The van der Waals surface area contributed by atoms with E-state index in [0.717, 1.165) is 67.0 Å². The van der Waals surface area contributed by atoms with Gasteiger partial charge in [0.05, 0.1) is 27.7 Å². The maximum Gasteiger partial charge on any atom is 0.251 e. The van der Waals surface area contributed by atoms with Crippen LogP contribution in [-0.4, -0.2) is 87.1 Å². The van der Waals surface area contributed by atoms with E-state index in [2.05, 4.69) is 73.7 Å². The molecule has 1 amide bonds. The molecule has 1 aliphatic heterocycles. The van der Waals surface area contributed by atoms with E-state index in [-0.39, 0.29) is 11.7 Å². The number of benzene rings is 3. The monoisotopic (exact) mass is 546 g/mol. The summed E-state index contributed by atoms with van der Waals surface area (Å²) in [6, 6.07) is 21.5. The first-order chi connectivity index (χ1) is 19.1. The lowest BCUT2D eigenvalue weighted by atomic mass is 10.00. The Hall–Kier alpha value is -3.10. The summed E-state index contributed by atoms with van der Waals surface area (Å²) in [4.78, 5) is 17.7. The van der Waals surface area contributed by atoms with Crippen LogP contribution in [0.4, 0.5) is 4.39 Å². The maximum absolute atomic E-state index is 14.9. The molecule has 0 spiro atoms. The number of nitrogens with one attached hydrogen (secondary N) is 2. The molecule has 3 aromatic rings. The quantitative estimate of drug-likeness (QED) is 0.351. The summed E-state index contributed by atoms with van der Waals surface area (Å²) in [5.74, 6) is -0.390. The van der Waals surface area contributed by atoms with Gasteiger partial charge in [0.1, 0.15) is 5.82 Å². The first kappa shape index (κ1) is 29.9. The highest BCUT2D eigenvalue weighted by Gasteiger charge is 2.16. The molecular weight excluding hydrogens is 501 g/mol. The molecular formula is C33H45FN5O+. The van der Waals surface area contributed by atoms with Crippen LogP contribution in [0.15, 0.2) is 66.7 Å². The zero-order valence-corrected chi connectivity index (χ0v) is 24.7. The molecule has 7 heteroatoms. The molecule has 6 nitrogen and oxygen atoms in total. The Bertz CT molecular complexity index is 1290. The number of likely N-dealkylation sites (N-methyl/N-ethyl adjacent to an activating group) is 2. The van der Waals surface area contributed by atoms with Crippen LogP contribution in [0.1, 0.15) is 34.0 Å². The topological polar surface area (TPSA) is 47.6 Å². The lowest BCUT2D eigenvalue weighted by molar-refractivity contribution is -0.869. The molecule has 4 rings (SSSR count). The highest BCUT2D eigenvalue weighted by molar-refractivity contribution is 5.94. The summed E-state index contributed by atoms with van der Waals surface area (Å²) in [5, 5.41) is 6.49. The van der Waals surface area contributed by atoms with Gasteiger partial charge in [-0.15, -0.1) is 0 Å². The van der Waals surface area contributed by atoms with Crippen molar-refractivity contribution in [2.24, 2.45) is 0 Å². The number of carbonyl (C=O) groups is 1. The summed E-state index contributed by atoms with van der Waals surface area (Å²) in [5.41, 5.74) is 5.19. The third-order valence-corrected chi connectivity index (χ3v) is 7.38. The first-order valence-electron chi connectivity index (χ1n) is 14.3. The van der Waals surface area contributed by atoms with Gasteiger partial charge in [-0.3, -0.25) is 14.6 Å². The number of rotatable bonds is 11. The van der Waals surface area contributed by atoms with E-state index < -0.39 is 0 Å². The van der Waals surface area contributed by atoms with Gasteiger partial charge in [0.2, 0.25) is 0 Å². The molecule has 0 bridgehead atoms. The van der Waals surface area contributed by atoms with E-state index >= 15 is 0 Å². The van der Waals surface area contributed by atoms with Crippen molar-refractivity contribution < 1.29 is 13.7 Å². The molecule has 0 saturated carbocycles. The molecule has 0 aromatic heterocycles. The molecule has 3 aromatic carbocycles. The van der Waals surface area contributed by atoms with Crippen molar-refractivity contribution in [1.82, 2.24) is 20.4 Å². The van der Waals surface area contributed by atoms with Crippen molar-refractivity contribution in [3.63, 3.8) is 0 Å². The number of amides is 1. The van der Waals surface area contributed by atoms with Gasteiger partial charge in [-0.1, -0.05) is 36.4 Å². The van der Waals surface area contributed by atoms with Crippen molar-refractivity contribution in [2.75, 3.05) is 60.9 Å². The van der Waals surface area contributed by atoms with E-state index in [1.165, 1.54) is 11.6 Å². The van der Waals surface area contributed by atoms with Crippen molar-refractivity contribution in [3.8, 4) is 11.1 Å². The molecule has 0 unspecified atom stereocenters. The molecule has 1 aliphatic rings. The Morgan fingerprint density at radius 1 is 1.05 bits per heavy atom. The Balaban J connectivity index is 1.38. The number of halogens is 1. The van der Waals surface area contributed by atoms with E-state index in [1.807, 2.05) is 36.4 Å². The van der Waals surface area contributed by atoms with Gasteiger partial charge in [0, 0.05) is 63.0 Å². The normalized spacial score (nSPS) is 16.3. The number of hydrogen-bond donors (Lipinski definition) is 2. The summed E-state index contributed by atoms with van der Waals surface area (Å²) in [6.45, 7) is 9.20. The fourth-order valence-electron chi connectivity index (χ4n) is 5.11. The van der Waals surface area contributed by atoms with Crippen LogP contribution >= 0.6 is 0 Å². The second-order valence-corrected chi connectivity index (χ2v) is 12.2. The van der Waals surface area contributed by atoms with Crippen molar-refractivity contribution in [1.29, 1.82) is 0 Å². The van der Waals surface area contributed by atoms with Gasteiger partial charge >= 0.3 is 0 Å².